The summed E-state index contributed by atoms with van der Waals surface area (Å²) in [5, 5.41) is 11.3. The molecule has 0 heterocycles. The van der Waals surface area contributed by atoms with Crippen LogP contribution in [-0.4, -0.2) is 37.4 Å². The average molecular weight is 203 g/mol. The molecular weight excluding hydrogens is 182 g/mol. The van der Waals surface area contributed by atoms with Crippen LogP contribution in [0.25, 0.3) is 0 Å². The summed E-state index contributed by atoms with van der Waals surface area (Å²) in [5.74, 6) is -0.0605. The molecule has 0 saturated heterocycles. The summed E-state index contributed by atoms with van der Waals surface area (Å²) in [6.07, 6.45) is 3.51. The van der Waals surface area contributed by atoms with Gasteiger partial charge in [-0.15, -0.1) is 0 Å². The predicted molar refractivity (Wildman–Crippen MR) is 55.0 cm³/mol. The lowest BCUT2D eigenvalue weighted by atomic mass is 10.2. The monoisotopic (exact) mass is 203 g/mol. The molecule has 14 heavy (non-hydrogen) atoms. The van der Waals surface area contributed by atoms with Crippen LogP contribution in [-0.2, 0) is 9.53 Å². The molecule has 84 valence electrons. The van der Waals surface area contributed by atoms with Crippen molar-refractivity contribution in [1.82, 2.24) is 5.32 Å². The van der Waals surface area contributed by atoms with E-state index in [-0.39, 0.29) is 18.6 Å². The fourth-order valence-corrected chi connectivity index (χ4v) is 1.05. The quantitative estimate of drug-likeness (QED) is 0.571. The Morgan fingerprint density at radius 3 is 2.57 bits per heavy atom. The van der Waals surface area contributed by atoms with Gasteiger partial charge in [0, 0.05) is 20.3 Å². The van der Waals surface area contributed by atoms with E-state index in [0.717, 1.165) is 25.7 Å². The lowest BCUT2D eigenvalue weighted by molar-refractivity contribution is -0.130. The Hall–Kier alpha value is -0.610. The van der Waals surface area contributed by atoms with Crippen LogP contribution in [0.2, 0.25) is 0 Å². The largest absolute Gasteiger partial charge is 0.396 e. The van der Waals surface area contributed by atoms with Crippen molar-refractivity contribution in [2.75, 3.05) is 20.3 Å². The molecule has 2 N–H and O–H groups in total. The Morgan fingerprint density at radius 1 is 1.36 bits per heavy atom. The summed E-state index contributed by atoms with van der Waals surface area (Å²) < 4.78 is 4.86. The van der Waals surface area contributed by atoms with Gasteiger partial charge in [-0.05, 0) is 19.8 Å². The zero-order chi connectivity index (χ0) is 10.8. The minimum Gasteiger partial charge on any atom is -0.396 e. The average Bonchev–Trinajstić information content (AvgIpc) is 2.21. The molecule has 0 saturated carbocycles. The Labute approximate surface area is 85.6 Å². The summed E-state index contributed by atoms with van der Waals surface area (Å²) >= 11 is 0. The van der Waals surface area contributed by atoms with E-state index >= 15 is 0 Å². The highest BCUT2D eigenvalue weighted by Gasteiger charge is 2.09. The van der Waals surface area contributed by atoms with E-state index in [1.54, 1.807) is 6.92 Å². The Kier molecular flexibility index (Phi) is 8.57. The van der Waals surface area contributed by atoms with E-state index in [9.17, 15) is 4.79 Å². The first-order valence-electron chi connectivity index (χ1n) is 5.13. The number of ether oxygens (including phenoxy) is 1. The van der Waals surface area contributed by atoms with E-state index in [2.05, 4.69) is 5.32 Å². The van der Waals surface area contributed by atoms with Crippen molar-refractivity contribution in [2.24, 2.45) is 0 Å². The van der Waals surface area contributed by atoms with Crippen molar-refractivity contribution in [3.05, 3.63) is 0 Å². The Balaban J connectivity index is 3.23. The zero-order valence-electron chi connectivity index (χ0n) is 9.08. The normalized spacial score (nSPS) is 12.5. The van der Waals surface area contributed by atoms with Crippen LogP contribution in [0.5, 0.6) is 0 Å². The van der Waals surface area contributed by atoms with Crippen LogP contribution in [0.1, 0.15) is 32.6 Å². The molecule has 0 aliphatic carbocycles. The first-order valence-corrected chi connectivity index (χ1v) is 5.13. The number of aliphatic hydroxyl groups is 1. The number of rotatable bonds is 8. The number of aliphatic hydroxyl groups excluding tert-OH is 1. The number of hydrogen-bond donors (Lipinski definition) is 2. The van der Waals surface area contributed by atoms with Gasteiger partial charge in [-0.25, -0.2) is 0 Å². The van der Waals surface area contributed by atoms with E-state index in [0.29, 0.717) is 6.54 Å². The van der Waals surface area contributed by atoms with Crippen molar-refractivity contribution < 1.29 is 14.6 Å². The first kappa shape index (κ1) is 13.4. The van der Waals surface area contributed by atoms with Crippen molar-refractivity contribution in [3.63, 3.8) is 0 Å². The van der Waals surface area contributed by atoms with Crippen molar-refractivity contribution in [2.45, 2.75) is 38.7 Å². The lowest BCUT2D eigenvalue weighted by Crippen LogP contribution is -2.34. The van der Waals surface area contributed by atoms with Crippen LogP contribution in [0.15, 0.2) is 0 Å². The van der Waals surface area contributed by atoms with Crippen LogP contribution in [0, 0.1) is 0 Å². The van der Waals surface area contributed by atoms with Gasteiger partial charge in [-0.3, -0.25) is 4.79 Å². The van der Waals surface area contributed by atoms with Crippen molar-refractivity contribution in [1.29, 1.82) is 0 Å². The third-order valence-corrected chi connectivity index (χ3v) is 2.11. The first-order chi connectivity index (χ1) is 6.72. The van der Waals surface area contributed by atoms with E-state index in [1.807, 2.05) is 0 Å². The Bertz CT molecular complexity index is 150. The van der Waals surface area contributed by atoms with Crippen LogP contribution in [0.4, 0.5) is 0 Å². The summed E-state index contributed by atoms with van der Waals surface area (Å²) in [7, 11) is 1.52. The van der Waals surface area contributed by atoms with E-state index < -0.39 is 0 Å². The van der Waals surface area contributed by atoms with Crippen LogP contribution in [0.3, 0.4) is 0 Å². The molecule has 1 amide bonds. The fraction of sp³-hybridized carbons (Fsp3) is 0.900. The number of amides is 1. The number of methoxy groups -OCH3 is 1. The molecule has 1 atom stereocenters. The lowest BCUT2D eigenvalue weighted by Gasteiger charge is -2.09. The highest BCUT2D eigenvalue weighted by molar-refractivity contribution is 5.80. The molecule has 0 aromatic rings. The molecule has 0 aromatic carbocycles. The van der Waals surface area contributed by atoms with Crippen LogP contribution >= 0.6 is 0 Å². The molecule has 4 nitrogen and oxygen atoms in total. The Morgan fingerprint density at radius 2 is 2.00 bits per heavy atom. The second-order valence-electron chi connectivity index (χ2n) is 3.31. The molecule has 0 spiro atoms. The number of carbonyl (C=O) groups is 1. The van der Waals surface area contributed by atoms with Crippen molar-refractivity contribution >= 4 is 5.91 Å². The number of hydrogen-bond acceptors (Lipinski definition) is 3. The van der Waals surface area contributed by atoms with Gasteiger partial charge in [0.25, 0.3) is 0 Å². The van der Waals surface area contributed by atoms with Crippen LogP contribution < -0.4 is 5.32 Å². The maximum absolute atomic E-state index is 11.2. The minimum atomic E-state index is -0.368. The molecule has 0 fully saturated rings. The van der Waals surface area contributed by atoms with Gasteiger partial charge < -0.3 is 15.2 Å². The maximum atomic E-state index is 11.2. The molecule has 4 heteroatoms. The van der Waals surface area contributed by atoms with E-state index in [1.165, 1.54) is 7.11 Å². The van der Waals surface area contributed by atoms with Gasteiger partial charge in [0.2, 0.25) is 5.91 Å². The van der Waals surface area contributed by atoms with Gasteiger partial charge in [-0.1, -0.05) is 12.8 Å². The minimum absolute atomic E-state index is 0.0605. The predicted octanol–water partition coefficient (Wildman–Crippen LogP) is 0.690. The second-order valence-corrected chi connectivity index (χ2v) is 3.31. The standard InChI is InChI=1S/C10H21NO3/c1-9(14-2)10(13)11-7-5-3-4-6-8-12/h9,12H,3-8H2,1-2H3,(H,11,13). The molecule has 0 rings (SSSR count). The van der Waals surface area contributed by atoms with Gasteiger partial charge in [0.05, 0.1) is 0 Å². The molecule has 0 radical (unpaired) electrons. The zero-order valence-corrected chi connectivity index (χ0v) is 9.08. The van der Waals surface area contributed by atoms with E-state index in [4.69, 9.17) is 9.84 Å². The fourth-order valence-electron chi connectivity index (χ4n) is 1.05. The highest BCUT2D eigenvalue weighted by Crippen LogP contribution is 1.97. The summed E-state index contributed by atoms with van der Waals surface area (Å²) in [4.78, 5) is 11.2. The third-order valence-electron chi connectivity index (χ3n) is 2.11. The number of nitrogens with one attached hydrogen (secondary N) is 1. The summed E-state index contributed by atoms with van der Waals surface area (Å²) in [5.41, 5.74) is 0. The molecule has 0 aliphatic rings. The number of unbranched alkanes of at least 4 members (excludes halogenated alkanes) is 3. The molecule has 0 bridgehead atoms. The second kappa shape index (κ2) is 8.97. The maximum Gasteiger partial charge on any atom is 0.248 e. The molecule has 0 aliphatic heterocycles. The topological polar surface area (TPSA) is 58.6 Å². The molecular formula is C10H21NO3. The number of carbonyl (C=O) groups excluding carboxylic acids is 1. The smallest absolute Gasteiger partial charge is 0.248 e. The van der Waals surface area contributed by atoms with Gasteiger partial charge in [0.15, 0.2) is 0 Å². The highest BCUT2D eigenvalue weighted by atomic mass is 16.5. The summed E-state index contributed by atoms with van der Waals surface area (Å²) in [6.45, 7) is 2.67. The molecule has 0 aromatic heterocycles. The summed E-state index contributed by atoms with van der Waals surface area (Å²) in [6, 6.07) is 0. The van der Waals surface area contributed by atoms with Gasteiger partial charge in [-0.2, -0.15) is 0 Å². The van der Waals surface area contributed by atoms with Gasteiger partial charge >= 0.3 is 0 Å². The third kappa shape index (κ3) is 6.86. The van der Waals surface area contributed by atoms with Gasteiger partial charge in [0.1, 0.15) is 6.10 Å². The molecule has 1 unspecified atom stereocenters. The SMILES string of the molecule is COC(C)C(=O)NCCCCCCO. The van der Waals surface area contributed by atoms with Crippen molar-refractivity contribution in [3.8, 4) is 0 Å².